The first-order valence-electron chi connectivity index (χ1n) is 5.61. The summed E-state index contributed by atoms with van der Waals surface area (Å²) in [5, 5.41) is 0. The van der Waals surface area contributed by atoms with E-state index in [2.05, 4.69) is 4.98 Å². The number of imidazole rings is 1. The number of methoxy groups -OCH3 is 1. The Kier molecular flexibility index (Phi) is 3.62. The van der Waals surface area contributed by atoms with Gasteiger partial charge in [-0.2, -0.15) is 0 Å². The molecule has 2 rings (SSSR count). The van der Waals surface area contributed by atoms with Crippen LogP contribution in [0.15, 0.2) is 36.7 Å². The highest BCUT2D eigenvalue weighted by atomic mass is 16.5. The van der Waals surface area contributed by atoms with Crippen molar-refractivity contribution in [3.05, 3.63) is 48.0 Å². The monoisotopic (exact) mass is 245 g/mol. The molecule has 0 aliphatic rings. The molecule has 0 aliphatic carbocycles. The Morgan fingerprint density at radius 2 is 2.22 bits per heavy atom. The minimum absolute atomic E-state index is 0.143. The highest BCUT2D eigenvalue weighted by Crippen LogP contribution is 2.20. The van der Waals surface area contributed by atoms with Gasteiger partial charge < -0.3 is 15.0 Å². The average molecular weight is 245 g/mol. The molecular formula is C13H15N3O2. The first-order chi connectivity index (χ1) is 8.70. The van der Waals surface area contributed by atoms with Crippen LogP contribution in [0, 0.1) is 0 Å². The van der Waals surface area contributed by atoms with Crippen molar-refractivity contribution >= 4 is 5.91 Å². The van der Waals surface area contributed by atoms with Gasteiger partial charge in [-0.1, -0.05) is 18.2 Å². The number of para-hydroxylation sites is 1. The summed E-state index contributed by atoms with van der Waals surface area (Å²) < 4.78 is 7.03. The van der Waals surface area contributed by atoms with Crippen LogP contribution in [0.4, 0.5) is 0 Å². The Balaban J connectivity index is 2.23. The molecule has 0 bridgehead atoms. The number of nitrogens with two attached hydrogens (primary N) is 1. The molecule has 0 spiro atoms. The van der Waals surface area contributed by atoms with Gasteiger partial charge >= 0.3 is 0 Å². The molecule has 1 aromatic heterocycles. The predicted molar refractivity (Wildman–Crippen MR) is 67.2 cm³/mol. The molecule has 0 atom stereocenters. The van der Waals surface area contributed by atoms with Gasteiger partial charge in [-0.25, -0.2) is 4.98 Å². The third-order valence-corrected chi connectivity index (χ3v) is 2.67. The second-order valence-electron chi connectivity index (χ2n) is 3.93. The Bertz CT molecular complexity index is 549. The van der Waals surface area contributed by atoms with E-state index >= 15 is 0 Å². The molecule has 2 aromatic rings. The predicted octanol–water partition coefficient (Wildman–Crippen LogP) is 0.968. The second-order valence-corrected chi connectivity index (χ2v) is 3.93. The summed E-state index contributed by atoms with van der Waals surface area (Å²) >= 11 is 0. The number of benzene rings is 1. The number of carbonyl (C=O) groups is 1. The summed E-state index contributed by atoms with van der Waals surface area (Å²) in [6.45, 7) is 0.143. The van der Waals surface area contributed by atoms with Crippen molar-refractivity contribution in [1.29, 1.82) is 0 Å². The van der Waals surface area contributed by atoms with Gasteiger partial charge in [0.2, 0.25) is 5.91 Å². The van der Waals surface area contributed by atoms with Gasteiger partial charge in [0.25, 0.3) is 0 Å². The minimum Gasteiger partial charge on any atom is -0.496 e. The Labute approximate surface area is 105 Å². The number of rotatable bonds is 5. The van der Waals surface area contributed by atoms with Crippen molar-refractivity contribution in [2.24, 2.45) is 5.73 Å². The van der Waals surface area contributed by atoms with E-state index in [0.717, 1.165) is 17.1 Å². The van der Waals surface area contributed by atoms with Crippen LogP contribution in [0.2, 0.25) is 0 Å². The van der Waals surface area contributed by atoms with E-state index in [0.29, 0.717) is 6.42 Å². The van der Waals surface area contributed by atoms with Gasteiger partial charge in [0.15, 0.2) is 0 Å². The molecule has 18 heavy (non-hydrogen) atoms. The molecule has 0 saturated carbocycles. The van der Waals surface area contributed by atoms with Crippen molar-refractivity contribution < 1.29 is 9.53 Å². The van der Waals surface area contributed by atoms with E-state index in [1.54, 1.807) is 24.1 Å². The lowest BCUT2D eigenvalue weighted by Crippen LogP contribution is -2.19. The smallest absolute Gasteiger partial charge is 0.237 e. The van der Waals surface area contributed by atoms with Gasteiger partial charge in [0.1, 0.15) is 18.1 Å². The van der Waals surface area contributed by atoms with Crippen LogP contribution < -0.4 is 10.5 Å². The zero-order chi connectivity index (χ0) is 13.0. The number of primary amides is 1. The molecule has 0 radical (unpaired) electrons. The summed E-state index contributed by atoms with van der Waals surface area (Å²) in [6.07, 6.45) is 4.01. The first-order valence-corrected chi connectivity index (χ1v) is 5.61. The number of nitrogens with zero attached hydrogens (tertiary/aromatic N) is 2. The summed E-state index contributed by atoms with van der Waals surface area (Å²) in [6, 6.07) is 7.73. The summed E-state index contributed by atoms with van der Waals surface area (Å²) in [4.78, 5) is 15.2. The van der Waals surface area contributed by atoms with E-state index in [-0.39, 0.29) is 12.5 Å². The van der Waals surface area contributed by atoms with E-state index in [1.165, 1.54) is 0 Å². The molecule has 0 fully saturated rings. The second kappa shape index (κ2) is 5.35. The van der Waals surface area contributed by atoms with Crippen LogP contribution in [0.5, 0.6) is 5.75 Å². The molecule has 94 valence electrons. The van der Waals surface area contributed by atoms with Crippen LogP contribution in [0.3, 0.4) is 0 Å². The number of carbonyl (C=O) groups excluding carboxylic acids is 1. The fraction of sp³-hybridized carbons (Fsp3) is 0.231. The van der Waals surface area contributed by atoms with Crippen LogP contribution >= 0.6 is 0 Å². The van der Waals surface area contributed by atoms with E-state index in [1.807, 2.05) is 24.3 Å². The van der Waals surface area contributed by atoms with Crippen molar-refractivity contribution in [2.75, 3.05) is 7.11 Å². The lowest BCUT2D eigenvalue weighted by Gasteiger charge is -2.09. The van der Waals surface area contributed by atoms with Crippen LogP contribution in [0.1, 0.15) is 11.4 Å². The number of ether oxygens (including phenoxy) is 1. The Morgan fingerprint density at radius 3 is 2.94 bits per heavy atom. The summed E-state index contributed by atoms with van der Waals surface area (Å²) in [5.74, 6) is 1.22. The molecule has 0 aliphatic heterocycles. The van der Waals surface area contributed by atoms with Crippen molar-refractivity contribution in [2.45, 2.75) is 13.0 Å². The summed E-state index contributed by atoms with van der Waals surface area (Å²) in [7, 11) is 1.63. The van der Waals surface area contributed by atoms with Gasteiger partial charge in [-0.3, -0.25) is 4.79 Å². The van der Waals surface area contributed by atoms with E-state index < -0.39 is 0 Å². The highest BCUT2D eigenvalue weighted by molar-refractivity contribution is 5.73. The molecule has 0 unspecified atom stereocenters. The van der Waals surface area contributed by atoms with Gasteiger partial charge in [0.05, 0.1) is 7.11 Å². The standard InChI is InChI=1S/C13H15N3O2/c1-18-11-5-3-2-4-10(11)8-13-15-6-7-16(13)9-12(14)17/h2-7H,8-9H2,1H3,(H2,14,17). The maximum Gasteiger partial charge on any atom is 0.237 e. The summed E-state index contributed by atoms with van der Waals surface area (Å²) in [5.41, 5.74) is 6.21. The first kappa shape index (κ1) is 12.2. The van der Waals surface area contributed by atoms with Crippen molar-refractivity contribution in [3.63, 3.8) is 0 Å². The zero-order valence-electron chi connectivity index (χ0n) is 10.2. The Hall–Kier alpha value is -2.30. The fourth-order valence-electron chi connectivity index (χ4n) is 1.84. The Morgan fingerprint density at radius 1 is 1.44 bits per heavy atom. The van der Waals surface area contributed by atoms with E-state index in [9.17, 15) is 4.79 Å². The number of aromatic nitrogens is 2. The lowest BCUT2D eigenvalue weighted by atomic mass is 10.1. The molecule has 5 nitrogen and oxygen atoms in total. The molecular weight excluding hydrogens is 230 g/mol. The topological polar surface area (TPSA) is 70.1 Å². The molecule has 0 saturated heterocycles. The maximum absolute atomic E-state index is 10.9. The molecule has 1 heterocycles. The number of amides is 1. The number of hydrogen-bond donors (Lipinski definition) is 1. The third-order valence-electron chi connectivity index (χ3n) is 2.67. The fourth-order valence-corrected chi connectivity index (χ4v) is 1.84. The molecule has 1 amide bonds. The van der Waals surface area contributed by atoms with Crippen LogP contribution in [-0.2, 0) is 17.8 Å². The van der Waals surface area contributed by atoms with Crippen molar-refractivity contribution in [1.82, 2.24) is 9.55 Å². The average Bonchev–Trinajstić information content (AvgIpc) is 2.76. The maximum atomic E-state index is 10.9. The van der Waals surface area contributed by atoms with E-state index in [4.69, 9.17) is 10.5 Å². The van der Waals surface area contributed by atoms with Gasteiger partial charge in [-0.05, 0) is 6.07 Å². The zero-order valence-corrected chi connectivity index (χ0v) is 10.2. The van der Waals surface area contributed by atoms with Crippen LogP contribution in [-0.4, -0.2) is 22.6 Å². The normalized spacial score (nSPS) is 10.3. The minimum atomic E-state index is -0.380. The van der Waals surface area contributed by atoms with Gasteiger partial charge in [0, 0.05) is 24.4 Å². The van der Waals surface area contributed by atoms with Crippen molar-refractivity contribution in [3.8, 4) is 5.75 Å². The van der Waals surface area contributed by atoms with Gasteiger partial charge in [-0.15, -0.1) is 0 Å². The van der Waals surface area contributed by atoms with Crippen LogP contribution in [0.25, 0.3) is 0 Å². The molecule has 5 heteroatoms. The molecule has 2 N–H and O–H groups in total. The third kappa shape index (κ3) is 2.68. The SMILES string of the molecule is COc1ccccc1Cc1nccn1CC(N)=O. The molecule has 1 aromatic carbocycles. The highest BCUT2D eigenvalue weighted by Gasteiger charge is 2.09. The quantitative estimate of drug-likeness (QED) is 0.853. The number of hydrogen-bond acceptors (Lipinski definition) is 3. The lowest BCUT2D eigenvalue weighted by molar-refractivity contribution is -0.118. The largest absolute Gasteiger partial charge is 0.496 e.